The van der Waals surface area contributed by atoms with E-state index in [1.807, 2.05) is 6.07 Å². The topological polar surface area (TPSA) is 35.2 Å². The zero-order chi connectivity index (χ0) is 14.3. The van der Waals surface area contributed by atoms with Crippen molar-refractivity contribution in [3.05, 3.63) is 29.3 Å². The van der Waals surface area contributed by atoms with E-state index in [2.05, 4.69) is 39.8 Å². The summed E-state index contributed by atoms with van der Waals surface area (Å²) in [5, 5.41) is 0. The number of benzene rings is 1. The lowest BCUT2D eigenvalue weighted by Crippen LogP contribution is -2.47. The van der Waals surface area contributed by atoms with Crippen molar-refractivity contribution in [3.8, 4) is 5.75 Å². The molecule has 0 aromatic heterocycles. The Labute approximate surface area is 117 Å². The minimum atomic E-state index is -0.197. The summed E-state index contributed by atoms with van der Waals surface area (Å²) in [5.41, 5.74) is 9.45. The van der Waals surface area contributed by atoms with E-state index in [1.54, 1.807) is 7.11 Å². The Kier molecular flexibility index (Phi) is 3.65. The number of hydrogen-bond acceptors (Lipinski definition) is 2. The maximum Gasteiger partial charge on any atom is 0.119 e. The van der Waals surface area contributed by atoms with Crippen molar-refractivity contribution >= 4 is 0 Å². The molecule has 1 aromatic rings. The highest BCUT2D eigenvalue weighted by Gasteiger charge is 2.41. The second-order valence-electron chi connectivity index (χ2n) is 7.19. The molecule has 0 bridgehead atoms. The van der Waals surface area contributed by atoms with Crippen molar-refractivity contribution in [1.82, 2.24) is 0 Å². The molecule has 1 aliphatic carbocycles. The Hall–Kier alpha value is -1.02. The van der Waals surface area contributed by atoms with Crippen LogP contribution in [-0.2, 0) is 5.54 Å². The minimum absolute atomic E-state index is 0.197. The Bertz CT molecular complexity index is 466. The Balaban J connectivity index is 2.38. The van der Waals surface area contributed by atoms with Crippen molar-refractivity contribution in [2.45, 2.75) is 52.5 Å². The molecule has 2 heteroatoms. The molecule has 0 saturated heterocycles. The molecule has 1 saturated carbocycles. The molecule has 106 valence electrons. The van der Waals surface area contributed by atoms with E-state index in [0.29, 0.717) is 11.3 Å². The number of nitrogens with two attached hydrogens (primary N) is 1. The van der Waals surface area contributed by atoms with Crippen LogP contribution in [0.4, 0.5) is 0 Å². The zero-order valence-electron chi connectivity index (χ0n) is 12.9. The predicted octanol–water partition coefficient (Wildman–Crippen LogP) is 4.00. The molecular weight excluding hydrogens is 234 g/mol. The van der Waals surface area contributed by atoms with Gasteiger partial charge in [0, 0.05) is 5.54 Å². The van der Waals surface area contributed by atoms with E-state index in [4.69, 9.17) is 10.5 Å². The van der Waals surface area contributed by atoms with Gasteiger partial charge in [-0.2, -0.15) is 0 Å². The second kappa shape index (κ2) is 4.82. The number of methoxy groups -OCH3 is 1. The molecular formula is C17H27NO. The minimum Gasteiger partial charge on any atom is -0.497 e. The molecule has 0 radical (unpaired) electrons. The zero-order valence-corrected chi connectivity index (χ0v) is 12.9. The summed E-state index contributed by atoms with van der Waals surface area (Å²) >= 11 is 0. The Morgan fingerprint density at radius 1 is 1.26 bits per heavy atom. The first-order valence-electron chi connectivity index (χ1n) is 7.20. The van der Waals surface area contributed by atoms with E-state index in [-0.39, 0.29) is 5.54 Å². The fourth-order valence-electron chi connectivity index (χ4n) is 4.16. The number of hydrogen-bond donors (Lipinski definition) is 1. The fraction of sp³-hybridized carbons (Fsp3) is 0.647. The highest BCUT2D eigenvalue weighted by atomic mass is 16.5. The quantitative estimate of drug-likeness (QED) is 0.873. The van der Waals surface area contributed by atoms with E-state index in [1.165, 1.54) is 17.5 Å². The van der Waals surface area contributed by atoms with Crippen molar-refractivity contribution in [2.75, 3.05) is 7.11 Å². The smallest absolute Gasteiger partial charge is 0.119 e. The summed E-state index contributed by atoms with van der Waals surface area (Å²) in [5.74, 6) is 1.59. The maximum atomic E-state index is 6.80. The van der Waals surface area contributed by atoms with Gasteiger partial charge in [-0.05, 0) is 60.8 Å². The van der Waals surface area contributed by atoms with Gasteiger partial charge in [0.15, 0.2) is 0 Å². The summed E-state index contributed by atoms with van der Waals surface area (Å²) < 4.78 is 5.29. The van der Waals surface area contributed by atoms with Crippen molar-refractivity contribution in [1.29, 1.82) is 0 Å². The first kappa shape index (κ1) is 14.4. The van der Waals surface area contributed by atoms with Crippen LogP contribution >= 0.6 is 0 Å². The van der Waals surface area contributed by atoms with Crippen LogP contribution in [0.5, 0.6) is 5.75 Å². The molecule has 0 spiro atoms. The van der Waals surface area contributed by atoms with Crippen molar-refractivity contribution < 1.29 is 4.74 Å². The van der Waals surface area contributed by atoms with Crippen LogP contribution in [0.1, 0.15) is 51.2 Å². The number of ether oxygens (including phenoxy) is 1. The highest BCUT2D eigenvalue weighted by Crippen LogP contribution is 2.48. The van der Waals surface area contributed by atoms with Gasteiger partial charge < -0.3 is 10.5 Å². The maximum absolute atomic E-state index is 6.80. The molecule has 1 fully saturated rings. The van der Waals surface area contributed by atoms with Gasteiger partial charge in [-0.3, -0.25) is 0 Å². The second-order valence-corrected chi connectivity index (χ2v) is 7.19. The van der Waals surface area contributed by atoms with Gasteiger partial charge in [0.25, 0.3) is 0 Å². The summed E-state index contributed by atoms with van der Waals surface area (Å²) in [7, 11) is 1.71. The van der Waals surface area contributed by atoms with E-state index in [9.17, 15) is 0 Å². The van der Waals surface area contributed by atoms with Crippen LogP contribution in [-0.4, -0.2) is 7.11 Å². The van der Waals surface area contributed by atoms with Gasteiger partial charge >= 0.3 is 0 Å². The third-order valence-electron chi connectivity index (χ3n) is 4.38. The predicted molar refractivity (Wildman–Crippen MR) is 80.4 cm³/mol. The normalized spacial score (nSPS) is 30.1. The largest absolute Gasteiger partial charge is 0.497 e. The molecule has 2 atom stereocenters. The van der Waals surface area contributed by atoms with Crippen LogP contribution in [0.2, 0.25) is 0 Å². The first-order chi connectivity index (χ1) is 8.76. The highest BCUT2D eigenvalue weighted by molar-refractivity contribution is 5.39. The lowest BCUT2D eigenvalue weighted by atomic mass is 9.62. The van der Waals surface area contributed by atoms with Gasteiger partial charge in [-0.25, -0.2) is 0 Å². The SMILES string of the molecule is COc1ccc(C2(N)CC(C)CC(C)(C)C2)c(C)c1. The average Bonchev–Trinajstić information content (AvgIpc) is 2.24. The van der Waals surface area contributed by atoms with E-state index >= 15 is 0 Å². The van der Waals surface area contributed by atoms with Gasteiger partial charge in [-0.1, -0.05) is 26.8 Å². The summed E-state index contributed by atoms with van der Waals surface area (Å²) in [6.07, 6.45) is 3.39. The monoisotopic (exact) mass is 261 g/mol. The summed E-state index contributed by atoms with van der Waals surface area (Å²) in [6.45, 7) is 9.13. The molecule has 1 aliphatic rings. The molecule has 19 heavy (non-hydrogen) atoms. The molecule has 0 heterocycles. The first-order valence-corrected chi connectivity index (χ1v) is 7.20. The Morgan fingerprint density at radius 3 is 2.47 bits per heavy atom. The number of aryl methyl sites for hydroxylation is 1. The lowest BCUT2D eigenvalue weighted by Gasteiger charge is -2.46. The fourth-order valence-corrected chi connectivity index (χ4v) is 4.16. The van der Waals surface area contributed by atoms with Crippen LogP contribution in [0, 0.1) is 18.3 Å². The molecule has 1 aromatic carbocycles. The van der Waals surface area contributed by atoms with Gasteiger partial charge in [-0.15, -0.1) is 0 Å². The summed E-state index contributed by atoms with van der Waals surface area (Å²) in [6, 6.07) is 6.28. The van der Waals surface area contributed by atoms with Crippen LogP contribution in [0.15, 0.2) is 18.2 Å². The molecule has 2 nitrogen and oxygen atoms in total. The average molecular weight is 261 g/mol. The van der Waals surface area contributed by atoms with Crippen molar-refractivity contribution in [3.63, 3.8) is 0 Å². The third kappa shape index (κ3) is 2.94. The third-order valence-corrected chi connectivity index (χ3v) is 4.38. The van der Waals surface area contributed by atoms with Crippen LogP contribution < -0.4 is 10.5 Å². The van der Waals surface area contributed by atoms with Crippen LogP contribution in [0.25, 0.3) is 0 Å². The van der Waals surface area contributed by atoms with Gasteiger partial charge in [0.05, 0.1) is 7.11 Å². The standard InChI is InChI=1S/C17H27NO/c1-12-9-16(3,4)11-17(18,10-12)15-7-6-14(19-5)8-13(15)2/h6-8,12H,9-11,18H2,1-5H3. The molecule has 2 rings (SSSR count). The lowest BCUT2D eigenvalue weighted by molar-refractivity contribution is 0.107. The molecule has 0 aliphatic heterocycles. The van der Waals surface area contributed by atoms with E-state index < -0.39 is 0 Å². The molecule has 0 amide bonds. The van der Waals surface area contributed by atoms with Crippen molar-refractivity contribution in [2.24, 2.45) is 17.1 Å². The number of rotatable bonds is 2. The van der Waals surface area contributed by atoms with Gasteiger partial charge in [0.2, 0.25) is 0 Å². The molecule has 2 unspecified atom stereocenters. The molecule has 2 N–H and O–H groups in total. The van der Waals surface area contributed by atoms with E-state index in [0.717, 1.165) is 18.6 Å². The summed E-state index contributed by atoms with van der Waals surface area (Å²) in [4.78, 5) is 0. The van der Waals surface area contributed by atoms with Gasteiger partial charge in [0.1, 0.15) is 5.75 Å². The van der Waals surface area contributed by atoms with Crippen LogP contribution in [0.3, 0.4) is 0 Å². The Morgan fingerprint density at radius 2 is 1.95 bits per heavy atom.